The average Bonchev–Trinajstić information content (AvgIpc) is 3.17. The van der Waals surface area contributed by atoms with Gasteiger partial charge in [-0.05, 0) is 31.6 Å². The van der Waals surface area contributed by atoms with E-state index in [2.05, 4.69) is 41.1 Å². The molecule has 2 unspecified atom stereocenters. The molecule has 1 heterocycles. The molecule has 2 rings (SSSR count). The second kappa shape index (κ2) is 7.59. The van der Waals surface area contributed by atoms with Crippen LogP contribution in [0.25, 0.3) is 0 Å². The van der Waals surface area contributed by atoms with Crippen LogP contribution in [0.5, 0.6) is 0 Å². The van der Waals surface area contributed by atoms with E-state index in [1.54, 1.807) is 0 Å². The molecule has 5 heteroatoms. The zero-order valence-electron chi connectivity index (χ0n) is 13.7. The highest BCUT2D eigenvalue weighted by atomic mass is 16.5. The lowest BCUT2D eigenvalue weighted by Gasteiger charge is -2.20. The Morgan fingerprint density at radius 1 is 1.38 bits per heavy atom. The van der Waals surface area contributed by atoms with Crippen LogP contribution >= 0.6 is 0 Å². The summed E-state index contributed by atoms with van der Waals surface area (Å²) < 4.78 is 5.45. The van der Waals surface area contributed by atoms with Gasteiger partial charge in [-0.1, -0.05) is 13.8 Å². The lowest BCUT2D eigenvalue weighted by atomic mass is 10.3. The Morgan fingerprint density at radius 3 is 2.76 bits per heavy atom. The molecule has 1 N–H and O–H groups in total. The minimum absolute atomic E-state index is 0.471. The highest BCUT2D eigenvalue weighted by Crippen LogP contribution is 2.38. The van der Waals surface area contributed by atoms with Gasteiger partial charge in [0.25, 0.3) is 0 Å². The van der Waals surface area contributed by atoms with Gasteiger partial charge in [-0.3, -0.25) is 0 Å². The summed E-state index contributed by atoms with van der Waals surface area (Å²) in [6.45, 7) is 9.59. The highest BCUT2D eigenvalue weighted by Gasteiger charge is 2.33. The van der Waals surface area contributed by atoms with Crippen LogP contribution in [0.15, 0.2) is 6.07 Å². The second-order valence-electron chi connectivity index (χ2n) is 5.95. The van der Waals surface area contributed by atoms with Crippen molar-refractivity contribution in [1.82, 2.24) is 9.97 Å². The third kappa shape index (κ3) is 4.84. The lowest BCUT2D eigenvalue weighted by Crippen LogP contribution is -2.23. The number of nitrogens with zero attached hydrogens (tertiary/aromatic N) is 3. The van der Waals surface area contributed by atoms with Gasteiger partial charge in [0.15, 0.2) is 5.82 Å². The fourth-order valence-corrected chi connectivity index (χ4v) is 2.38. The van der Waals surface area contributed by atoms with E-state index in [9.17, 15) is 0 Å². The van der Waals surface area contributed by atoms with Crippen molar-refractivity contribution in [3.8, 4) is 0 Å². The predicted molar refractivity (Wildman–Crippen MR) is 86.7 cm³/mol. The maximum absolute atomic E-state index is 5.45. The molecule has 0 saturated heterocycles. The Hall–Kier alpha value is -1.36. The molecule has 0 radical (unpaired) electrons. The first-order valence-corrected chi connectivity index (χ1v) is 8.04. The summed E-state index contributed by atoms with van der Waals surface area (Å²) in [5, 5.41) is 3.35. The van der Waals surface area contributed by atoms with Crippen LogP contribution in [0.2, 0.25) is 0 Å². The molecule has 1 aliphatic carbocycles. The molecule has 1 aliphatic rings. The normalized spacial score (nSPS) is 20.4. The molecule has 0 bridgehead atoms. The maximum Gasteiger partial charge on any atom is 0.158 e. The number of nitrogens with one attached hydrogen (secondary N) is 1. The number of rotatable bonds is 9. The second-order valence-corrected chi connectivity index (χ2v) is 5.95. The average molecular weight is 292 g/mol. The number of ether oxygens (including phenoxy) is 1. The predicted octanol–water partition coefficient (Wildman–Crippen LogP) is 2.93. The van der Waals surface area contributed by atoms with Gasteiger partial charge in [0.1, 0.15) is 18.2 Å². The minimum atomic E-state index is 0.471. The largest absolute Gasteiger partial charge is 0.374 e. The van der Waals surface area contributed by atoms with E-state index >= 15 is 0 Å². The molecular weight excluding hydrogens is 264 g/mol. The van der Waals surface area contributed by atoms with Gasteiger partial charge in [-0.15, -0.1) is 0 Å². The van der Waals surface area contributed by atoms with E-state index in [0.717, 1.165) is 48.8 Å². The third-order valence-corrected chi connectivity index (χ3v) is 3.93. The summed E-state index contributed by atoms with van der Waals surface area (Å²) in [6.07, 6.45) is 2.41. The Balaban J connectivity index is 2.08. The number of anilines is 2. The molecule has 0 aliphatic heterocycles. The third-order valence-electron chi connectivity index (χ3n) is 3.93. The summed E-state index contributed by atoms with van der Waals surface area (Å²) in [7, 11) is 2.11. The van der Waals surface area contributed by atoms with Gasteiger partial charge in [-0.2, -0.15) is 0 Å². The lowest BCUT2D eigenvalue weighted by molar-refractivity contribution is 0.128. The first kappa shape index (κ1) is 16.0. The van der Waals surface area contributed by atoms with Crippen LogP contribution in [-0.2, 0) is 11.3 Å². The standard InChI is InChI=1S/C16H28N4O/c1-5-7-17-14-9-16(19-15(18-14)11-21-6-2)20(4)10-13-8-12(13)3/h9,12-13H,5-8,10-11H2,1-4H3,(H,17,18,19). The summed E-state index contributed by atoms with van der Waals surface area (Å²) in [4.78, 5) is 11.4. The monoisotopic (exact) mass is 292 g/mol. The van der Waals surface area contributed by atoms with Crippen LogP contribution in [0.1, 0.15) is 39.4 Å². The quantitative estimate of drug-likeness (QED) is 0.758. The minimum Gasteiger partial charge on any atom is -0.374 e. The van der Waals surface area contributed by atoms with Crippen LogP contribution in [-0.4, -0.2) is 36.7 Å². The summed E-state index contributed by atoms with van der Waals surface area (Å²) in [5.41, 5.74) is 0. The maximum atomic E-state index is 5.45. The van der Waals surface area contributed by atoms with Crippen molar-refractivity contribution in [2.24, 2.45) is 11.8 Å². The van der Waals surface area contributed by atoms with Gasteiger partial charge < -0.3 is 15.0 Å². The van der Waals surface area contributed by atoms with Crippen LogP contribution < -0.4 is 10.2 Å². The zero-order valence-corrected chi connectivity index (χ0v) is 13.7. The molecule has 2 atom stereocenters. The highest BCUT2D eigenvalue weighted by molar-refractivity contribution is 5.49. The van der Waals surface area contributed by atoms with E-state index < -0.39 is 0 Å². The number of aromatic nitrogens is 2. The fraction of sp³-hybridized carbons (Fsp3) is 0.750. The summed E-state index contributed by atoms with van der Waals surface area (Å²) in [5.74, 6) is 4.30. The van der Waals surface area contributed by atoms with Crippen molar-refractivity contribution in [3.05, 3.63) is 11.9 Å². The molecule has 1 fully saturated rings. The Bertz CT molecular complexity index is 426. The Labute approximate surface area is 128 Å². The molecular formula is C16H28N4O. The fourth-order valence-electron chi connectivity index (χ4n) is 2.38. The zero-order chi connectivity index (χ0) is 15.2. The molecule has 118 valence electrons. The van der Waals surface area contributed by atoms with Gasteiger partial charge >= 0.3 is 0 Å². The molecule has 21 heavy (non-hydrogen) atoms. The number of hydrogen-bond donors (Lipinski definition) is 1. The first-order chi connectivity index (χ1) is 10.1. The first-order valence-electron chi connectivity index (χ1n) is 8.04. The Kier molecular flexibility index (Phi) is 5.79. The summed E-state index contributed by atoms with van der Waals surface area (Å²) in [6, 6.07) is 2.04. The molecule has 0 spiro atoms. The van der Waals surface area contributed by atoms with E-state index in [4.69, 9.17) is 4.74 Å². The topological polar surface area (TPSA) is 50.3 Å². The van der Waals surface area contributed by atoms with Crippen molar-refractivity contribution >= 4 is 11.6 Å². The smallest absolute Gasteiger partial charge is 0.158 e. The van der Waals surface area contributed by atoms with Crippen molar-refractivity contribution < 1.29 is 4.74 Å². The van der Waals surface area contributed by atoms with Gasteiger partial charge in [0, 0.05) is 32.8 Å². The molecule has 1 aromatic rings. The van der Waals surface area contributed by atoms with Crippen LogP contribution in [0.4, 0.5) is 11.6 Å². The van der Waals surface area contributed by atoms with Crippen molar-refractivity contribution in [3.63, 3.8) is 0 Å². The van der Waals surface area contributed by atoms with Gasteiger partial charge in [0.05, 0.1) is 0 Å². The number of hydrogen-bond acceptors (Lipinski definition) is 5. The van der Waals surface area contributed by atoms with E-state index in [0.29, 0.717) is 13.2 Å². The van der Waals surface area contributed by atoms with E-state index in [-0.39, 0.29) is 0 Å². The van der Waals surface area contributed by atoms with Crippen molar-refractivity contribution in [2.75, 3.05) is 37.0 Å². The molecule has 0 amide bonds. The molecule has 0 aromatic carbocycles. The van der Waals surface area contributed by atoms with Gasteiger partial charge in [-0.25, -0.2) is 9.97 Å². The molecule has 1 saturated carbocycles. The Morgan fingerprint density at radius 2 is 2.14 bits per heavy atom. The van der Waals surface area contributed by atoms with Crippen LogP contribution in [0.3, 0.4) is 0 Å². The molecule has 1 aromatic heterocycles. The summed E-state index contributed by atoms with van der Waals surface area (Å²) >= 11 is 0. The molecule has 5 nitrogen and oxygen atoms in total. The van der Waals surface area contributed by atoms with Crippen molar-refractivity contribution in [1.29, 1.82) is 0 Å². The van der Waals surface area contributed by atoms with E-state index in [1.165, 1.54) is 6.42 Å². The SMILES string of the molecule is CCCNc1cc(N(C)CC2CC2C)nc(COCC)n1. The van der Waals surface area contributed by atoms with Crippen LogP contribution in [0, 0.1) is 11.8 Å². The van der Waals surface area contributed by atoms with Gasteiger partial charge in [0.2, 0.25) is 0 Å². The van der Waals surface area contributed by atoms with E-state index in [1.807, 2.05) is 13.0 Å². The van der Waals surface area contributed by atoms with Crippen molar-refractivity contribution in [2.45, 2.75) is 40.2 Å².